The highest BCUT2D eigenvalue weighted by molar-refractivity contribution is 5.97. The fourth-order valence-electron chi connectivity index (χ4n) is 3.17. The number of hydrogen-bond acceptors (Lipinski definition) is 1. The Bertz CT molecular complexity index is 647. The fourth-order valence-corrected chi connectivity index (χ4v) is 3.17. The first-order valence-corrected chi connectivity index (χ1v) is 6.31. The lowest BCUT2D eigenvalue weighted by atomic mass is 9.91. The molecule has 0 aromatic heterocycles. The SMILES string of the molecule is O=C1c2ccccc2C[C@H]2c3ccccc3CN12. The van der Waals surface area contributed by atoms with Crippen molar-refractivity contribution in [3.05, 3.63) is 70.8 Å². The van der Waals surface area contributed by atoms with Gasteiger partial charge in [0.15, 0.2) is 0 Å². The molecule has 0 aliphatic carbocycles. The van der Waals surface area contributed by atoms with Gasteiger partial charge < -0.3 is 4.90 Å². The van der Waals surface area contributed by atoms with Gasteiger partial charge in [0, 0.05) is 12.1 Å². The van der Waals surface area contributed by atoms with Crippen molar-refractivity contribution in [1.29, 1.82) is 0 Å². The predicted octanol–water partition coefficient (Wildman–Crippen LogP) is 2.94. The molecule has 0 saturated heterocycles. The van der Waals surface area contributed by atoms with Crippen LogP contribution in [0, 0.1) is 0 Å². The summed E-state index contributed by atoms with van der Waals surface area (Å²) in [5.41, 5.74) is 4.67. The molecule has 4 rings (SSSR count). The van der Waals surface area contributed by atoms with Crippen LogP contribution in [-0.4, -0.2) is 10.8 Å². The maximum Gasteiger partial charge on any atom is 0.254 e. The van der Waals surface area contributed by atoms with Gasteiger partial charge in [0.05, 0.1) is 6.04 Å². The number of hydrogen-bond donors (Lipinski definition) is 0. The molecule has 0 bridgehead atoms. The van der Waals surface area contributed by atoms with Crippen molar-refractivity contribution < 1.29 is 4.79 Å². The van der Waals surface area contributed by atoms with Gasteiger partial charge >= 0.3 is 0 Å². The molecule has 0 N–H and O–H groups in total. The van der Waals surface area contributed by atoms with Crippen molar-refractivity contribution in [2.75, 3.05) is 0 Å². The Morgan fingerprint density at radius 2 is 1.67 bits per heavy atom. The van der Waals surface area contributed by atoms with Crippen LogP contribution in [-0.2, 0) is 13.0 Å². The molecule has 0 saturated carbocycles. The second-order valence-electron chi connectivity index (χ2n) is 5.01. The zero-order chi connectivity index (χ0) is 12.1. The summed E-state index contributed by atoms with van der Waals surface area (Å²) in [6.45, 7) is 0.758. The molecule has 2 aliphatic heterocycles. The lowest BCUT2D eigenvalue weighted by Gasteiger charge is -2.31. The third-order valence-corrected chi connectivity index (χ3v) is 4.05. The Hall–Kier alpha value is -2.09. The van der Waals surface area contributed by atoms with E-state index in [4.69, 9.17) is 0 Å². The van der Waals surface area contributed by atoms with Gasteiger partial charge in [-0.15, -0.1) is 0 Å². The quantitative estimate of drug-likeness (QED) is 0.687. The minimum atomic E-state index is 0.179. The molecule has 0 spiro atoms. The molecular formula is C16H13NO. The van der Waals surface area contributed by atoms with E-state index in [-0.39, 0.29) is 11.9 Å². The molecule has 1 amide bonds. The highest BCUT2D eigenvalue weighted by Gasteiger charge is 2.38. The van der Waals surface area contributed by atoms with Gasteiger partial charge in [-0.2, -0.15) is 0 Å². The third-order valence-electron chi connectivity index (χ3n) is 4.05. The predicted molar refractivity (Wildman–Crippen MR) is 69.2 cm³/mol. The minimum Gasteiger partial charge on any atom is -0.327 e. The Labute approximate surface area is 106 Å². The molecule has 2 heterocycles. The van der Waals surface area contributed by atoms with E-state index in [0.717, 1.165) is 18.5 Å². The molecule has 0 unspecified atom stereocenters. The normalized spacial score (nSPS) is 20.3. The van der Waals surface area contributed by atoms with Crippen molar-refractivity contribution in [2.24, 2.45) is 0 Å². The van der Waals surface area contributed by atoms with E-state index in [9.17, 15) is 4.79 Å². The summed E-state index contributed by atoms with van der Waals surface area (Å²) in [4.78, 5) is 14.5. The number of carbonyl (C=O) groups excluding carboxylic acids is 1. The highest BCUT2D eigenvalue weighted by Crippen LogP contribution is 2.40. The van der Waals surface area contributed by atoms with Crippen LogP contribution >= 0.6 is 0 Å². The van der Waals surface area contributed by atoms with Crippen LogP contribution in [0.25, 0.3) is 0 Å². The number of benzene rings is 2. The first-order chi connectivity index (χ1) is 8.84. The zero-order valence-electron chi connectivity index (χ0n) is 9.97. The van der Waals surface area contributed by atoms with Crippen molar-refractivity contribution >= 4 is 5.91 Å². The molecule has 0 radical (unpaired) electrons. The third kappa shape index (κ3) is 1.20. The van der Waals surface area contributed by atoms with Crippen LogP contribution in [0.3, 0.4) is 0 Å². The summed E-state index contributed by atoms with van der Waals surface area (Å²) in [5.74, 6) is 0.179. The van der Waals surface area contributed by atoms with Gasteiger partial charge in [0.1, 0.15) is 0 Å². The Balaban J connectivity index is 1.86. The summed E-state index contributed by atoms with van der Waals surface area (Å²) in [6.07, 6.45) is 0.943. The van der Waals surface area contributed by atoms with Gasteiger partial charge in [-0.1, -0.05) is 42.5 Å². The van der Waals surface area contributed by atoms with Gasteiger partial charge in [-0.3, -0.25) is 4.79 Å². The van der Waals surface area contributed by atoms with Gasteiger partial charge in [0.25, 0.3) is 5.91 Å². The number of rotatable bonds is 0. The van der Waals surface area contributed by atoms with E-state index in [2.05, 4.69) is 30.3 Å². The van der Waals surface area contributed by atoms with E-state index in [1.165, 1.54) is 16.7 Å². The smallest absolute Gasteiger partial charge is 0.254 e. The second-order valence-corrected chi connectivity index (χ2v) is 5.01. The lowest BCUT2D eigenvalue weighted by Crippen LogP contribution is -2.35. The molecule has 88 valence electrons. The highest BCUT2D eigenvalue weighted by atomic mass is 16.2. The van der Waals surface area contributed by atoms with Crippen LogP contribution in [0.5, 0.6) is 0 Å². The number of fused-ring (bicyclic) bond motifs is 4. The molecule has 18 heavy (non-hydrogen) atoms. The minimum absolute atomic E-state index is 0.179. The fraction of sp³-hybridized carbons (Fsp3) is 0.188. The molecule has 2 aromatic rings. The van der Waals surface area contributed by atoms with E-state index in [1.54, 1.807) is 0 Å². The summed E-state index contributed by atoms with van der Waals surface area (Å²) in [5, 5.41) is 0. The summed E-state index contributed by atoms with van der Waals surface area (Å²) >= 11 is 0. The maximum absolute atomic E-state index is 12.5. The zero-order valence-corrected chi connectivity index (χ0v) is 9.97. The van der Waals surface area contributed by atoms with Crippen molar-refractivity contribution in [2.45, 2.75) is 19.0 Å². The second kappa shape index (κ2) is 3.45. The molecule has 2 heteroatoms. The van der Waals surface area contributed by atoms with E-state index >= 15 is 0 Å². The van der Waals surface area contributed by atoms with Crippen molar-refractivity contribution in [1.82, 2.24) is 4.90 Å². The molecule has 1 atom stereocenters. The molecule has 2 aromatic carbocycles. The molecule has 2 nitrogen and oxygen atoms in total. The molecular weight excluding hydrogens is 222 g/mol. The van der Waals surface area contributed by atoms with Crippen LogP contribution < -0.4 is 0 Å². The van der Waals surface area contributed by atoms with Crippen LogP contribution in [0.4, 0.5) is 0 Å². The first kappa shape index (κ1) is 9.89. The Morgan fingerprint density at radius 3 is 2.56 bits per heavy atom. The Morgan fingerprint density at radius 1 is 0.944 bits per heavy atom. The largest absolute Gasteiger partial charge is 0.327 e. The van der Waals surface area contributed by atoms with Crippen LogP contribution in [0.15, 0.2) is 48.5 Å². The maximum atomic E-state index is 12.5. The lowest BCUT2D eigenvalue weighted by molar-refractivity contribution is 0.0665. The standard InChI is InChI=1S/C16H13NO/c18-16-14-8-4-1-5-11(14)9-15-13-7-3-2-6-12(13)10-17(15)16/h1-8,15H,9-10H2/t15-/m0/s1. The van der Waals surface area contributed by atoms with Gasteiger partial charge in [0.2, 0.25) is 0 Å². The number of amides is 1. The van der Waals surface area contributed by atoms with Crippen LogP contribution in [0.1, 0.15) is 33.1 Å². The molecule has 0 fully saturated rings. The first-order valence-electron chi connectivity index (χ1n) is 6.31. The summed E-state index contributed by atoms with van der Waals surface area (Å²) in [7, 11) is 0. The summed E-state index contributed by atoms with van der Waals surface area (Å²) in [6, 6.07) is 16.6. The van der Waals surface area contributed by atoms with Crippen molar-refractivity contribution in [3.8, 4) is 0 Å². The Kier molecular flexibility index (Phi) is 1.90. The van der Waals surface area contributed by atoms with Gasteiger partial charge in [-0.05, 0) is 29.2 Å². The topological polar surface area (TPSA) is 20.3 Å². The van der Waals surface area contributed by atoms with E-state index in [0.29, 0.717) is 0 Å². The number of carbonyl (C=O) groups is 1. The van der Waals surface area contributed by atoms with Crippen LogP contribution in [0.2, 0.25) is 0 Å². The number of nitrogens with zero attached hydrogens (tertiary/aromatic N) is 1. The average Bonchev–Trinajstić information content (AvgIpc) is 2.79. The summed E-state index contributed by atoms with van der Waals surface area (Å²) < 4.78 is 0. The van der Waals surface area contributed by atoms with E-state index < -0.39 is 0 Å². The van der Waals surface area contributed by atoms with Crippen molar-refractivity contribution in [3.63, 3.8) is 0 Å². The average molecular weight is 235 g/mol. The molecule has 2 aliphatic rings. The van der Waals surface area contributed by atoms with E-state index in [1.807, 2.05) is 23.1 Å². The monoisotopic (exact) mass is 235 g/mol. The van der Waals surface area contributed by atoms with Gasteiger partial charge in [-0.25, -0.2) is 0 Å².